The van der Waals surface area contributed by atoms with Gasteiger partial charge in [0.05, 0.1) is 0 Å². The Balaban J connectivity index is 2.67. The lowest BCUT2D eigenvalue weighted by atomic mass is 10.1. The standard InChI is InChI=1S/C16H23NO4/c1-9(2)14(16(19)20)17-13(18)8-21-15-11(4)6-10(3)7-12(15)5/h6-7,9,14H,8H2,1-5H3,(H,17,18)(H,19,20)/t14-/m1/s1. The molecule has 1 rings (SSSR count). The zero-order valence-corrected chi connectivity index (χ0v) is 13.2. The predicted molar refractivity (Wildman–Crippen MR) is 80.6 cm³/mol. The van der Waals surface area contributed by atoms with E-state index in [-0.39, 0.29) is 12.5 Å². The highest BCUT2D eigenvalue weighted by molar-refractivity contribution is 5.84. The Morgan fingerprint density at radius 1 is 1.19 bits per heavy atom. The third kappa shape index (κ3) is 4.77. The molecule has 1 atom stereocenters. The van der Waals surface area contributed by atoms with Crippen molar-refractivity contribution in [2.75, 3.05) is 6.61 Å². The van der Waals surface area contributed by atoms with E-state index in [1.165, 1.54) is 0 Å². The molecule has 0 bridgehead atoms. The molecule has 21 heavy (non-hydrogen) atoms. The summed E-state index contributed by atoms with van der Waals surface area (Å²) >= 11 is 0. The van der Waals surface area contributed by atoms with Crippen LogP contribution in [0.15, 0.2) is 12.1 Å². The Labute approximate surface area is 125 Å². The van der Waals surface area contributed by atoms with Crippen LogP contribution >= 0.6 is 0 Å². The van der Waals surface area contributed by atoms with Crippen LogP contribution in [0.1, 0.15) is 30.5 Å². The number of aryl methyl sites for hydroxylation is 3. The van der Waals surface area contributed by atoms with Gasteiger partial charge < -0.3 is 15.2 Å². The summed E-state index contributed by atoms with van der Waals surface area (Å²) in [6.07, 6.45) is 0. The molecule has 116 valence electrons. The van der Waals surface area contributed by atoms with Crippen LogP contribution in [0.3, 0.4) is 0 Å². The SMILES string of the molecule is Cc1cc(C)c(OCC(=O)N[C@@H](C(=O)O)C(C)C)c(C)c1. The summed E-state index contributed by atoms with van der Waals surface area (Å²) < 4.78 is 5.54. The van der Waals surface area contributed by atoms with Crippen molar-refractivity contribution in [1.29, 1.82) is 0 Å². The maximum Gasteiger partial charge on any atom is 0.326 e. The van der Waals surface area contributed by atoms with Crippen molar-refractivity contribution in [3.05, 3.63) is 28.8 Å². The summed E-state index contributed by atoms with van der Waals surface area (Å²) in [5, 5.41) is 11.5. The van der Waals surface area contributed by atoms with E-state index in [2.05, 4.69) is 5.32 Å². The fourth-order valence-electron chi connectivity index (χ4n) is 2.26. The van der Waals surface area contributed by atoms with Crippen molar-refractivity contribution in [2.24, 2.45) is 5.92 Å². The molecule has 1 aromatic carbocycles. The van der Waals surface area contributed by atoms with E-state index in [4.69, 9.17) is 9.84 Å². The molecule has 5 nitrogen and oxygen atoms in total. The highest BCUT2D eigenvalue weighted by Crippen LogP contribution is 2.24. The van der Waals surface area contributed by atoms with Gasteiger partial charge in [0.15, 0.2) is 6.61 Å². The first-order chi connectivity index (χ1) is 9.72. The second kappa shape index (κ2) is 7.11. The van der Waals surface area contributed by atoms with E-state index in [0.29, 0.717) is 5.75 Å². The number of amides is 1. The number of nitrogens with one attached hydrogen (secondary N) is 1. The molecular formula is C16H23NO4. The van der Waals surface area contributed by atoms with Crippen LogP contribution in [0.4, 0.5) is 0 Å². The van der Waals surface area contributed by atoms with Gasteiger partial charge in [-0.25, -0.2) is 4.79 Å². The van der Waals surface area contributed by atoms with Crippen molar-refractivity contribution in [3.8, 4) is 5.75 Å². The summed E-state index contributed by atoms with van der Waals surface area (Å²) in [6.45, 7) is 9.13. The van der Waals surface area contributed by atoms with Crippen LogP contribution in [0.2, 0.25) is 0 Å². The molecule has 0 aromatic heterocycles. The molecule has 0 saturated heterocycles. The number of benzene rings is 1. The van der Waals surface area contributed by atoms with Crippen LogP contribution in [0, 0.1) is 26.7 Å². The number of ether oxygens (including phenoxy) is 1. The minimum atomic E-state index is -1.04. The minimum Gasteiger partial charge on any atom is -0.483 e. The molecule has 0 aliphatic carbocycles. The monoisotopic (exact) mass is 293 g/mol. The van der Waals surface area contributed by atoms with Crippen molar-refractivity contribution in [3.63, 3.8) is 0 Å². The third-order valence-electron chi connectivity index (χ3n) is 3.20. The van der Waals surface area contributed by atoms with Crippen molar-refractivity contribution in [1.82, 2.24) is 5.32 Å². The topological polar surface area (TPSA) is 75.6 Å². The molecule has 0 fully saturated rings. The first-order valence-corrected chi connectivity index (χ1v) is 6.95. The summed E-state index contributed by atoms with van der Waals surface area (Å²) in [5.74, 6) is -0.988. The minimum absolute atomic E-state index is 0.186. The van der Waals surface area contributed by atoms with Gasteiger partial charge in [-0.1, -0.05) is 31.5 Å². The van der Waals surface area contributed by atoms with E-state index in [1.807, 2.05) is 32.9 Å². The van der Waals surface area contributed by atoms with Crippen LogP contribution in [0.5, 0.6) is 5.75 Å². The number of hydrogen-bond donors (Lipinski definition) is 2. The average molecular weight is 293 g/mol. The zero-order chi connectivity index (χ0) is 16.2. The second-order valence-electron chi connectivity index (χ2n) is 5.64. The molecule has 1 amide bonds. The molecule has 0 heterocycles. The summed E-state index contributed by atoms with van der Waals surface area (Å²) in [4.78, 5) is 22.9. The van der Waals surface area contributed by atoms with Crippen LogP contribution < -0.4 is 10.1 Å². The van der Waals surface area contributed by atoms with Gasteiger partial charge in [-0.2, -0.15) is 0 Å². The lowest BCUT2D eigenvalue weighted by molar-refractivity contribution is -0.143. The molecular weight excluding hydrogens is 270 g/mol. The van der Waals surface area contributed by atoms with Gasteiger partial charge in [-0.15, -0.1) is 0 Å². The Hall–Kier alpha value is -2.04. The Bertz CT molecular complexity index is 514. The van der Waals surface area contributed by atoms with Gasteiger partial charge in [-0.3, -0.25) is 4.79 Å². The summed E-state index contributed by atoms with van der Waals surface area (Å²) in [5.41, 5.74) is 3.05. The van der Waals surface area contributed by atoms with Crippen LogP contribution in [-0.2, 0) is 9.59 Å². The smallest absolute Gasteiger partial charge is 0.326 e. The molecule has 0 aliphatic heterocycles. The van der Waals surface area contributed by atoms with Gasteiger partial charge in [0.1, 0.15) is 11.8 Å². The number of carbonyl (C=O) groups excluding carboxylic acids is 1. The van der Waals surface area contributed by atoms with Crippen molar-refractivity contribution < 1.29 is 19.4 Å². The normalized spacial score (nSPS) is 12.1. The van der Waals surface area contributed by atoms with Crippen molar-refractivity contribution in [2.45, 2.75) is 40.7 Å². The van der Waals surface area contributed by atoms with Crippen molar-refractivity contribution >= 4 is 11.9 Å². The highest BCUT2D eigenvalue weighted by Gasteiger charge is 2.23. The molecule has 2 N–H and O–H groups in total. The molecule has 1 aromatic rings. The van der Waals surface area contributed by atoms with Gasteiger partial charge in [0.25, 0.3) is 5.91 Å². The Morgan fingerprint density at radius 3 is 2.14 bits per heavy atom. The molecule has 0 unspecified atom stereocenters. The van der Waals surface area contributed by atoms with Gasteiger partial charge in [0.2, 0.25) is 0 Å². The van der Waals surface area contributed by atoms with E-state index >= 15 is 0 Å². The Kier molecular flexibility index (Phi) is 5.76. The molecule has 5 heteroatoms. The van der Waals surface area contributed by atoms with Crippen LogP contribution in [-0.4, -0.2) is 29.6 Å². The largest absolute Gasteiger partial charge is 0.483 e. The lowest BCUT2D eigenvalue weighted by Gasteiger charge is -2.18. The maximum absolute atomic E-state index is 11.8. The maximum atomic E-state index is 11.8. The fraction of sp³-hybridized carbons (Fsp3) is 0.500. The third-order valence-corrected chi connectivity index (χ3v) is 3.20. The second-order valence-corrected chi connectivity index (χ2v) is 5.64. The van der Waals surface area contributed by atoms with E-state index in [0.717, 1.165) is 16.7 Å². The first kappa shape index (κ1) is 17.0. The van der Waals surface area contributed by atoms with Gasteiger partial charge in [0, 0.05) is 0 Å². The number of aliphatic carboxylic acids is 1. The van der Waals surface area contributed by atoms with Gasteiger partial charge in [-0.05, 0) is 37.8 Å². The number of carbonyl (C=O) groups is 2. The van der Waals surface area contributed by atoms with Crippen LogP contribution in [0.25, 0.3) is 0 Å². The summed E-state index contributed by atoms with van der Waals surface area (Å²) in [7, 11) is 0. The zero-order valence-electron chi connectivity index (χ0n) is 13.2. The summed E-state index contributed by atoms with van der Waals surface area (Å²) in [6, 6.07) is 3.06. The van der Waals surface area contributed by atoms with E-state index in [9.17, 15) is 9.59 Å². The number of hydrogen-bond acceptors (Lipinski definition) is 3. The van der Waals surface area contributed by atoms with E-state index < -0.39 is 17.9 Å². The molecule has 0 radical (unpaired) electrons. The molecule has 0 saturated carbocycles. The lowest BCUT2D eigenvalue weighted by Crippen LogP contribution is -2.46. The average Bonchev–Trinajstić information content (AvgIpc) is 2.33. The Morgan fingerprint density at radius 2 is 1.71 bits per heavy atom. The first-order valence-electron chi connectivity index (χ1n) is 6.95. The highest BCUT2D eigenvalue weighted by atomic mass is 16.5. The number of carboxylic acids is 1. The van der Waals surface area contributed by atoms with E-state index in [1.54, 1.807) is 13.8 Å². The number of rotatable bonds is 6. The molecule has 0 spiro atoms. The van der Waals surface area contributed by atoms with Gasteiger partial charge >= 0.3 is 5.97 Å². The quantitative estimate of drug-likeness (QED) is 0.843. The number of carboxylic acid groups (broad SMARTS) is 1. The predicted octanol–water partition coefficient (Wildman–Crippen LogP) is 2.22. The molecule has 0 aliphatic rings. The fourth-order valence-corrected chi connectivity index (χ4v) is 2.26.